The predicted octanol–water partition coefficient (Wildman–Crippen LogP) is 2.02. The maximum absolute atomic E-state index is 13.2. The fraction of sp³-hybridized carbons (Fsp3) is 0.500. The van der Waals surface area contributed by atoms with Gasteiger partial charge < -0.3 is 10.2 Å². The van der Waals surface area contributed by atoms with Crippen LogP contribution in [0.4, 0.5) is 14.6 Å². The van der Waals surface area contributed by atoms with Crippen molar-refractivity contribution < 1.29 is 8.78 Å². The fourth-order valence-corrected chi connectivity index (χ4v) is 1.93. The molecule has 1 saturated heterocycles. The van der Waals surface area contributed by atoms with Crippen LogP contribution in [0.15, 0.2) is 18.6 Å². The highest BCUT2D eigenvalue weighted by Gasteiger charge is 2.14. The van der Waals surface area contributed by atoms with Crippen LogP contribution in [0.5, 0.6) is 0 Å². The zero-order valence-electron chi connectivity index (χ0n) is 10.2. The van der Waals surface area contributed by atoms with Crippen LogP contribution in [0.1, 0.15) is 12.8 Å². The zero-order chi connectivity index (χ0) is 13.0. The number of rotatable bonds is 3. The molecule has 0 saturated carbocycles. The molecular formula is C12H16F2N4. The Morgan fingerprint density at radius 2 is 2.06 bits per heavy atom. The molecule has 0 aliphatic carbocycles. The number of hydrogen-bond donors (Lipinski definition) is 1. The van der Waals surface area contributed by atoms with Gasteiger partial charge in [-0.05, 0) is 45.1 Å². The highest BCUT2D eigenvalue weighted by molar-refractivity contribution is 5.37. The lowest BCUT2D eigenvalue weighted by Crippen LogP contribution is -2.29. The Kier molecular flexibility index (Phi) is 4.19. The number of halogens is 2. The molecule has 0 unspecified atom stereocenters. The van der Waals surface area contributed by atoms with Crippen LogP contribution in [0.2, 0.25) is 0 Å². The molecule has 1 aromatic heterocycles. The van der Waals surface area contributed by atoms with Crippen molar-refractivity contribution in [2.45, 2.75) is 12.8 Å². The summed E-state index contributed by atoms with van der Waals surface area (Å²) in [5, 5.41) is 2.65. The lowest BCUT2D eigenvalue weighted by Gasteiger charge is -2.26. The first-order chi connectivity index (χ1) is 8.66. The summed E-state index contributed by atoms with van der Waals surface area (Å²) in [5.41, 5.74) is 0. The van der Waals surface area contributed by atoms with Crippen molar-refractivity contribution >= 4 is 5.82 Å². The van der Waals surface area contributed by atoms with Gasteiger partial charge in [-0.2, -0.15) is 8.78 Å². The minimum atomic E-state index is -1.14. The van der Waals surface area contributed by atoms with Gasteiger partial charge in [0.15, 0.2) is 5.82 Å². The van der Waals surface area contributed by atoms with Gasteiger partial charge in [0.25, 0.3) is 5.95 Å². The van der Waals surface area contributed by atoms with Gasteiger partial charge in [-0.15, -0.1) is 0 Å². The first-order valence-corrected chi connectivity index (χ1v) is 5.94. The average Bonchev–Trinajstić information content (AvgIpc) is 2.37. The fourth-order valence-electron chi connectivity index (χ4n) is 1.93. The van der Waals surface area contributed by atoms with Gasteiger partial charge in [-0.1, -0.05) is 6.08 Å². The van der Waals surface area contributed by atoms with E-state index >= 15 is 0 Å². The van der Waals surface area contributed by atoms with Crippen molar-refractivity contribution in [1.29, 1.82) is 0 Å². The standard InChI is InChI=1S/C12H16F2N4/c1-18-6-3-9(4-7-18)2-5-15-12-10(13)11(14)16-8-17-12/h2,5,8-9H,3-4,6-7H2,1H3,(H,15,16,17)/b5-2-. The Hall–Kier alpha value is -1.56. The minimum Gasteiger partial charge on any atom is -0.344 e. The lowest BCUT2D eigenvalue weighted by atomic mass is 9.97. The number of nitrogens with zero attached hydrogens (tertiary/aromatic N) is 3. The van der Waals surface area contributed by atoms with E-state index in [1.807, 2.05) is 6.08 Å². The molecule has 4 nitrogen and oxygen atoms in total. The molecule has 0 amide bonds. The van der Waals surface area contributed by atoms with E-state index in [2.05, 4.69) is 27.2 Å². The van der Waals surface area contributed by atoms with Crippen LogP contribution in [-0.4, -0.2) is 35.0 Å². The molecule has 1 aliphatic heterocycles. The van der Waals surface area contributed by atoms with Gasteiger partial charge in [0.05, 0.1) is 0 Å². The van der Waals surface area contributed by atoms with Gasteiger partial charge in [0, 0.05) is 0 Å². The van der Waals surface area contributed by atoms with Crippen LogP contribution in [0.3, 0.4) is 0 Å². The van der Waals surface area contributed by atoms with Gasteiger partial charge in [0.1, 0.15) is 6.33 Å². The van der Waals surface area contributed by atoms with E-state index in [9.17, 15) is 8.78 Å². The van der Waals surface area contributed by atoms with Crippen LogP contribution in [0.25, 0.3) is 0 Å². The first kappa shape index (κ1) is 12.9. The third-order valence-corrected chi connectivity index (χ3v) is 3.10. The summed E-state index contributed by atoms with van der Waals surface area (Å²) in [4.78, 5) is 9.04. The Labute approximate surface area is 105 Å². The number of allylic oxidation sites excluding steroid dienone is 1. The Bertz CT molecular complexity index is 428. The maximum Gasteiger partial charge on any atom is 0.254 e. The SMILES string of the molecule is CN1CCC(/C=C\Nc2ncnc(F)c2F)CC1. The molecule has 1 aliphatic rings. The second-order valence-corrected chi connectivity index (χ2v) is 4.47. The quantitative estimate of drug-likeness (QED) is 0.838. The third-order valence-electron chi connectivity index (χ3n) is 3.10. The van der Waals surface area contributed by atoms with Crippen molar-refractivity contribution in [2.24, 2.45) is 5.92 Å². The number of hydrogen-bond acceptors (Lipinski definition) is 4. The summed E-state index contributed by atoms with van der Waals surface area (Å²) >= 11 is 0. The van der Waals surface area contributed by atoms with E-state index < -0.39 is 11.8 Å². The molecule has 98 valence electrons. The summed E-state index contributed by atoms with van der Waals surface area (Å²) in [6, 6.07) is 0. The molecule has 0 bridgehead atoms. The first-order valence-electron chi connectivity index (χ1n) is 5.94. The number of anilines is 1. The van der Waals surface area contributed by atoms with Crippen molar-refractivity contribution in [2.75, 3.05) is 25.5 Å². The second-order valence-electron chi connectivity index (χ2n) is 4.47. The number of nitrogens with one attached hydrogen (secondary N) is 1. The van der Waals surface area contributed by atoms with Crippen molar-refractivity contribution in [1.82, 2.24) is 14.9 Å². The van der Waals surface area contributed by atoms with E-state index in [-0.39, 0.29) is 5.82 Å². The lowest BCUT2D eigenvalue weighted by molar-refractivity contribution is 0.244. The van der Waals surface area contributed by atoms with Crippen molar-refractivity contribution in [3.8, 4) is 0 Å². The van der Waals surface area contributed by atoms with Gasteiger partial charge in [0.2, 0.25) is 5.82 Å². The van der Waals surface area contributed by atoms with Crippen LogP contribution in [0, 0.1) is 17.7 Å². The third kappa shape index (κ3) is 3.22. The van der Waals surface area contributed by atoms with Gasteiger partial charge in [-0.3, -0.25) is 0 Å². The van der Waals surface area contributed by atoms with Crippen molar-refractivity contribution in [3.05, 3.63) is 30.4 Å². The Balaban J connectivity index is 1.89. The molecule has 1 N–H and O–H groups in total. The maximum atomic E-state index is 13.2. The van der Waals surface area contributed by atoms with E-state index in [0.29, 0.717) is 5.92 Å². The molecule has 0 radical (unpaired) electrons. The Morgan fingerprint density at radius 1 is 1.33 bits per heavy atom. The van der Waals surface area contributed by atoms with E-state index in [4.69, 9.17) is 0 Å². The smallest absolute Gasteiger partial charge is 0.254 e. The number of piperidine rings is 1. The summed E-state index contributed by atoms with van der Waals surface area (Å²) in [7, 11) is 2.09. The van der Waals surface area contributed by atoms with Crippen molar-refractivity contribution in [3.63, 3.8) is 0 Å². The molecule has 18 heavy (non-hydrogen) atoms. The van der Waals surface area contributed by atoms with E-state index in [1.54, 1.807) is 6.20 Å². The highest BCUT2D eigenvalue weighted by Crippen LogP contribution is 2.17. The Morgan fingerprint density at radius 3 is 2.78 bits per heavy atom. The van der Waals surface area contributed by atoms with Crippen LogP contribution >= 0.6 is 0 Å². The van der Waals surface area contributed by atoms with Gasteiger partial charge >= 0.3 is 0 Å². The highest BCUT2D eigenvalue weighted by atomic mass is 19.2. The monoisotopic (exact) mass is 254 g/mol. The summed E-state index contributed by atoms with van der Waals surface area (Å²) in [5.74, 6) is -1.85. The van der Waals surface area contributed by atoms with Gasteiger partial charge in [-0.25, -0.2) is 9.97 Å². The summed E-state index contributed by atoms with van der Waals surface area (Å²) in [6.07, 6.45) is 6.75. The zero-order valence-corrected chi connectivity index (χ0v) is 10.2. The van der Waals surface area contributed by atoms with E-state index in [0.717, 1.165) is 32.3 Å². The molecular weight excluding hydrogens is 238 g/mol. The summed E-state index contributed by atoms with van der Waals surface area (Å²) in [6.45, 7) is 2.12. The molecule has 1 aromatic rings. The van der Waals surface area contributed by atoms with E-state index in [1.165, 1.54) is 0 Å². The second kappa shape index (κ2) is 5.86. The molecule has 1 fully saturated rings. The topological polar surface area (TPSA) is 41.0 Å². The largest absolute Gasteiger partial charge is 0.344 e. The normalized spacial score (nSPS) is 18.4. The van der Waals surface area contributed by atoms with Crippen LogP contribution < -0.4 is 5.32 Å². The predicted molar refractivity (Wildman–Crippen MR) is 64.9 cm³/mol. The number of aromatic nitrogens is 2. The molecule has 0 spiro atoms. The molecule has 2 rings (SSSR count). The molecule has 2 heterocycles. The molecule has 6 heteroatoms. The number of likely N-dealkylation sites (tertiary alicyclic amines) is 1. The van der Waals surface area contributed by atoms with Crippen LogP contribution in [-0.2, 0) is 0 Å². The average molecular weight is 254 g/mol. The summed E-state index contributed by atoms with van der Waals surface area (Å²) < 4.78 is 26.0. The molecule has 0 aromatic carbocycles. The minimum absolute atomic E-state index is 0.133. The molecule has 0 atom stereocenters.